The lowest BCUT2D eigenvalue weighted by Crippen LogP contribution is -2.28. The van der Waals surface area contributed by atoms with E-state index in [0.29, 0.717) is 17.9 Å². The third kappa shape index (κ3) is 3.54. The molecule has 23 heavy (non-hydrogen) atoms. The van der Waals surface area contributed by atoms with Gasteiger partial charge in [-0.1, -0.05) is 30.3 Å². The Morgan fingerprint density at radius 1 is 1.22 bits per heavy atom. The van der Waals surface area contributed by atoms with Crippen LogP contribution in [0.1, 0.15) is 34.7 Å². The van der Waals surface area contributed by atoms with Crippen LogP contribution in [0.2, 0.25) is 0 Å². The average Bonchev–Trinajstić information content (AvgIpc) is 3.02. The molecule has 2 N–H and O–H groups in total. The summed E-state index contributed by atoms with van der Waals surface area (Å²) in [4.78, 5) is 11.6. The van der Waals surface area contributed by atoms with Crippen LogP contribution >= 0.6 is 0 Å². The normalized spacial score (nSPS) is 14.3. The molecule has 4 heteroatoms. The van der Waals surface area contributed by atoms with Crippen LogP contribution in [0.5, 0.6) is 5.75 Å². The smallest absolute Gasteiger partial charge is 0.325 e. The zero-order valence-electron chi connectivity index (χ0n) is 13.2. The van der Waals surface area contributed by atoms with Crippen molar-refractivity contribution in [3.8, 4) is 5.75 Å². The van der Waals surface area contributed by atoms with Crippen molar-refractivity contribution >= 4 is 5.97 Å². The Bertz CT molecular complexity index is 712. The maximum Gasteiger partial charge on any atom is 0.325 e. The molecule has 2 aromatic rings. The predicted octanol–water partition coefficient (Wildman–Crippen LogP) is 3.10. The van der Waals surface area contributed by atoms with Crippen molar-refractivity contribution in [3.63, 3.8) is 0 Å². The molecule has 1 atom stereocenters. The van der Waals surface area contributed by atoms with Crippen LogP contribution in [0.3, 0.4) is 0 Å². The molecule has 0 heterocycles. The van der Waals surface area contributed by atoms with Crippen molar-refractivity contribution in [1.82, 2.24) is 5.32 Å². The minimum Gasteiger partial charge on any atom is -0.497 e. The van der Waals surface area contributed by atoms with Gasteiger partial charge in [-0.05, 0) is 53.6 Å². The molecular weight excluding hydrogens is 290 g/mol. The molecule has 0 saturated heterocycles. The summed E-state index contributed by atoms with van der Waals surface area (Å²) in [5.74, 6) is -0.229. The summed E-state index contributed by atoms with van der Waals surface area (Å²) in [5.41, 5.74) is 4.65. The molecule has 3 rings (SSSR count). The van der Waals surface area contributed by atoms with Gasteiger partial charge in [0.05, 0.1) is 7.11 Å². The summed E-state index contributed by atoms with van der Waals surface area (Å²) in [6.07, 6.45) is 3.50. The third-order valence-electron chi connectivity index (χ3n) is 4.35. The summed E-state index contributed by atoms with van der Waals surface area (Å²) in [6.45, 7) is 0.529. The van der Waals surface area contributed by atoms with Gasteiger partial charge >= 0.3 is 5.97 Å². The lowest BCUT2D eigenvalue weighted by Gasteiger charge is -2.16. The van der Waals surface area contributed by atoms with E-state index in [1.54, 1.807) is 25.3 Å². The van der Waals surface area contributed by atoms with E-state index < -0.39 is 12.0 Å². The highest BCUT2D eigenvalue weighted by Crippen LogP contribution is 2.24. The molecule has 0 saturated carbocycles. The van der Waals surface area contributed by atoms with E-state index in [2.05, 4.69) is 23.5 Å². The number of hydrogen-bond acceptors (Lipinski definition) is 3. The van der Waals surface area contributed by atoms with Crippen molar-refractivity contribution in [3.05, 3.63) is 64.7 Å². The fourth-order valence-electron chi connectivity index (χ4n) is 3.12. The molecule has 0 amide bonds. The van der Waals surface area contributed by atoms with E-state index >= 15 is 0 Å². The summed E-state index contributed by atoms with van der Waals surface area (Å²) in [7, 11) is 1.58. The highest BCUT2D eigenvalue weighted by Gasteiger charge is 2.20. The maximum absolute atomic E-state index is 11.6. The third-order valence-corrected chi connectivity index (χ3v) is 4.35. The summed E-state index contributed by atoms with van der Waals surface area (Å²) in [5, 5.41) is 12.7. The van der Waals surface area contributed by atoms with Gasteiger partial charge in [0.2, 0.25) is 0 Å². The highest BCUT2D eigenvalue weighted by molar-refractivity contribution is 5.75. The minimum atomic E-state index is -0.889. The Labute approximate surface area is 136 Å². The SMILES string of the molecule is COc1cccc(C(NCc2ccc3c(c2)CCC3)C(=O)O)c1. The fraction of sp³-hybridized carbons (Fsp3) is 0.316. The second-order valence-corrected chi connectivity index (χ2v) is 5.89. The van der Waals surface area contributed by atoms with Crippen LogP contribution in [-0.2, 0) is 24.2 Å². The molecule has 0 spiro atoms. The van der Waals surface area contributed by atoms with Gasteiger partial charge in [0, 0.05) is 6.54 Å². The molecule has 1 aliphatic rings. The van der Waals surface area contributed by atoms with Crippen LogP contribution in [-0.4, -0.2) is 18.2 Å². The Morgan fingerprint density at radius 2 is 2.04 bits per heavy atom. The van der Waals surface area contributed by atoms with E-state index in [0.717, 1.165) is 18.4 Å². The number of rotatable bonds is 6. The standard InChI is InChI=1S/C19H21NO3/c1-23-17-7-3-6-16(11-17)18(19(21)22)20-12-13-8-9-14-4-2-5-15(14)10-13/h3,6-11,18,20H,2,4-5,12H2,1H3,(H,21,22). The second kappa shape index (κ2) is 6.84. The van der Waals surface area contributed by atoms with Crippen LogP contribution in [0.15, 0.2) is 42.5 Å². The quantitative estimate of drug-likeness (QED) is 0.860. The molecule has 4 nitrogen and oxygen atoms in total. The largest absolute Gasteiger partial charge is 0.497 e. The van der Waals surface area contributed by atoms with Crippen molar-refractivity contribution in [2.75, 3.05) is 7.11 Å². The van der Waals surface area contributed by atoms with Crippen molar-refractivity contribution < 1.29 is 14.6 Å². The summed E-state index contributed by atoms with van der Waals surface area (Å²) >= 11 is 0. The number of nitrogens with one attached hydrogen (secondary N) is 1. The highest BCUT2D eigenvalue weighted by atomic mass is 16.5. The monoisotopic (exact) mass is 311 g/mol. The van der Waals surface area contributed by atoms with Gasteiger partial charge in [0.1, 0.15) is 11.8 Å². The molecule has 0 radical (unpaired) electrons. The molecule has 120 valence electrons. The van der Waals surface area contributed by atoms with Crippen LogP contribution < -0.4 is 10.1 Å². The van der Waals surface area contributed by atoms with Crippen molar-refractivity contribution in [2.45, 2.75) is 31.8 Å². The zero-order chi connectivity index (χ0) is 16.2. The van der Waals surface area contributed by atoms with Gasteiger partial charge in [-0.25, -0.2) is 0 Å². The Balaban J connectivity index is 1.74. The number of benzene rings is 2. The summed E-state index contributed by atoms with van der Waals surface area (Å²) in [6, 6.07) is 12.9. The maximum atomic E-state index is 11.6. The first-order chi connectivity index (χ1) is 11.2. The van der Waals surface area contributed by atoms with Gasteiger partial charge < -0.3 is 9.84 Å². The lowest BCUT2D eigenvalue weighted by molar-refractivity contribution is -0.139. The Hall–Kier alpha value is -2.33. The van der Waals surface area contributed by atoms with Gasteiger partial charge in [0.15, 0.2) is 0 Å². The van der Waals surface area contributed by atoms with Gasteiger partial charge in [-0.3, -0.25) is 10.1 Å². The van der Waals surface area contributed by atoms with E-state index in [9.17, 15) is 9.90 Å². The first kappa shape index (κ1) is 15.6. The molecule has 1 unspecified atom stereocenters. The van der Waals surface area contributed by atoms with E-state index in [-0.39, 0.29) is 0 Å². The predicted molar refractivity (Wildman–Crippen MR) is 88.7 cm³/mol. The zero-order valence-corrected chi connectivity index (χ0v) is 13.2. The molecule has 2 aromatic carbocycles. The second-order valence-electron chi connectivity index (χ2n) is 5.89. The first-order valence-electron chi connectivity index (χ1n) is 7.88. The first-order valence-corrected chi connectivity index (χ1v) is 7.88. The topological polar surface area (TPSA) is 58.6 Å². The van der Waals surface area contributed by atoms with Crippen LogP contribution in [0.4, 0.5) is 0 Å². The molecule has 0 bridgehead atoms. The Morgan fingerprint density at radius 3 is 2.83 bits per heavy atom. The molecule has 0 aromatic heterocycles. The number of hydrogen-bond donors (Lipinski definition) is 2. The number of aliphatic carboxylic acids is 1. The van der Waals surface area contributed by atoms with Crippen molar-refractivity contribution in [2.24, 2.45) is 0 Å². The molecular formula is C19H21NO3. The van der Waals surface area contributed by atoms with E-state index in [1.165, 1.54) is 17.5 Å². The number of carboxylic acid groups (broad SMARTS) is 1. The van der Waals surface area contributed by atoms with Crippen LogP contribution in [0, 0.1) is 0 Å². The van der Waals surface area contributed by atoms with Gasteiger partial charge in [-0.15, -0.1) is 0 Å². The fourth-order valence-corrected chi connectivity index (χ4v) is 3.12. The Kier molecular flexibility index (Phi) is 4.63. The number of aryl methyl sites for hydroxylation is 2. The minimum absolute atomic E-state index is 0.529. The van der Waals surface area contributed by atoms with Gasteiger partial charge in [-0.2, -0.15) is 0 Å². The number of carboxylic acids is 1. The molecule has 0 fully saturated rings. The van der Waals surface area contributed by atoms with Crippen molar-refractivity contribution in [1.29, 1.82) is 0 Å². The van der Waals surface area contributed by atoms with Gasteiger partial charge in [0.25, 0.3) is 0 Å². The average molecular weight is 311 g/mol. The number of fused-ring (bicyclic) bond motifs is 1. The number of methoxy groups -OCH3 is 1. The van der Waals surface area contributed by atoms with E-state index in [4.69, 9.17) is 4.74 Å². The van der Waals surface area contributed by atoms with E-state index in [1.807, 2.05) is 6.07 Å². The molecule has 1 aliphatic carbocycles. The lowest BCUT2D eigenvalue weighted by atomic mass is 10.0. The number of ether oxygens (including phenoxy) is 1. The summed E-state index contributed by atoms with van der Waals surface area (Å²) < 4.78 is 5.18. The number of carbonyl (C=O) groups is 1. The molecule has 0 aliphatic heterocycles. The van der Waals surface area contributed by atoms with Crippen LogP contribution in [0.25, 0.3) is 0 Å².